The van der Waals surface area contributed by atoms with Crippen LogP contribution in [0.25, 0.3) is 0 Å². The van der Waals surface area contributed by atoms with E-state index in [-0.39, 0.29) is 0 Å². The molecule has 8 heavy (non-hydrogen) atoms. The molecule has 0 nitrogen and oxygen atoms in total. The van der Waals surface area contributed by atoms with Crippen molar-refractivity contribution in [3.63, 3.8) is 0 Å². The lowest BCUT2D eigenvalue weighted by atomic mass is 10.2. The normalized spacial score (nSPS) is 19.8. The van der Waals surface area contributed by atoms with Gasteiger partial charge in [0.25, 0.3) is 0 Å². The Hall–Kier alpha value is 0.250. The van der Waals surface area contributed by atoms with Crippen molar-refractivity contribution in [1.29, 1.82) is 0 Å². The minimum absolute atomic E-state index is 0.788. The van der Waals surface area contributed by atoms with Crippen molar-refractivity contribution in [2.45, 2.75) is 6.42 Å². The summed E-state index contributed by atoms with van der Waals surface area (Å²) < 4.78 is 1.00. The Kier molecular flexibility index (Phi) is 2.15. The summed E-state index contributed by atoms with van der Waals surface area (Å²) >= 11 is 8.98. The predicted octanol–water partition coefficient (Wildman–Crippen LogP) is 3.00. The maximum absolute atomic E-state index is 5.68. The molecule has 43 valence electrons. The second kappa shape index (κ2) is 2.70. The van der Waals surface area contributed by atoms with E-state index < -0.39 is 0 Å². The highest BCUT2D eigenvalue weighted by molar-refractivity contribution is 9.11. The predicted molar refractivity (Wildman–Crippen MR) is 39.9 cm³/mol. The van der Waals surface area contributed by atoms with Gasteiger partial charge in [0.1, 0.15) is 0 Å². The van der Waals surface area contributed by atoms with Crippen molar-refractivity contribution < 1.29 is 0 Å². The van der Waals surface area contributed by atoms with Crippen LogP contribution in [0, 0.1) is 6.42 Å². The van der Waals surface area contributed by atoms with Crippen molar-refractivity contribution in [3.8, 4) is 0 Å². The largest absolute Gasteiger partial charge is 0.0835 e. The molecule has 0 bridgehead atoms. The average Bonchev–Trinajstić information content (AvgIpc) is 1.77. The van der Waals surface area contributed by atoms with E-state index >= 15 is 0 Å². The third-order valence-corrected chi connectivity index (χ3v) is 2.23. The van der Waals surface area contributed by atoms with E-state index in [1.54, 1.807) is 0 Å². The van der Waals surface area contributed by atoms with Gasteiger partial charge in [0.15, 0.2) is 0 Å². The molecule has 0 aromatic carbocycles. The highest BCUT2D eigenvalue weighted by Gasteiger charge is 2.00. The van der Waals surface area contributed by atoms with Crippen molar-refractivity contribution in [2.75, 3.05) is 0 Å². The first-order chi connectivity index (χ1) is 3.80. The van der Waals surface area contributed by atoms with E-state index in [2.05, 4.69) is 15.9 Å². The topological polar surface area (TPSA) is 0 Å². The lowest BCUT2D eigenvalue weighted by Gasteiger charge is -2.01. The fourth-order valence-electron chi connectivity index (χ4n) is 0.520. The fourth-order valence-corrected chi connectivity index (χ4v) is 1.01. The van der Waals surface area contributed by atoms with Crippen molar-refractivity contribution in [2.24, 2.45) is 0 Å². The number of rotatable bonds is 0. The zero-order chi connectivity index (χ0) is 5.98. The van der Waals surface area contributed by atoms with Gasteiger partial charge in [0.2, 0.25) is 0 Å². The van der Waals surface area contributed by atoms with E-state index in [0.29, 0.717) is 0 Å². The van der Waals surface area contributed by atoms with Gasteiger partial charge >= 0.3 is 0 Å². The maximum atomic E-state index is 5.68. The van der Waals surface area contributed by atoms with Gasteiger partial charge < -0.3 is 0 Å². The molecule has 0 atom stereocenters. The number of hydrogen-bond donors (Lipinski definition) is 0. The summed E-state index contributed by atoms with van der Waals surface area (Å²) in [5, 5.41) is 0.788. The summed E-state index contributed by atoms with van der Waals surface area (Å²) in [6.07, 6.45) is 6.93. The molecule has 0 unspecified atom stereocenters. The van der Waals surface area contributed by atoms with Crippen LogP contribution in [0.5, 0.6) is 0 Å². The molecule has 0 aromatic rings. The number of allylic oxidation sites excluding steroid dienone is 4. The first-order valence-electron chi connectivity index (χ1n) is 2.36. The highest BCUT2D eigenvalue weighted by atomic mass is 79.9. The molecular weight excluding hydrogens is 187 g/mol. The minimum atomic E-state index is 0.788. The second-order valence-corrected chi connectivity index (χ2v) is 2.80. The molecule has 0 saturated heterocycles. The number of halogens is 2. The Bertz CT molecular complexity index is 147. The number of hydrogen-bond acceptors (Lipinski definition) is 0. The highest BCUT2D eigenvalue weighted by Crippen LogP contribution is 2.25. The molecule has 1 aliphatic carbocycles. The van der Waals surface area contributed by atoms with Crippen LogP contribution < -0.4 is 0 Å². The van der Waals surface area contributed by atoms with Gasteiger partial charge in [0, 0.05) is 10.9 Å². The Balaban J connectivity index is 2.76. The molecule has 0 aromatic heterocycles. The molecule has 0 heterocycles. The Morgan fingerprint density at radius 1 is 1.62 bits per heavy atom. The zero-order valence-electron chi connectivity index (χ0n) is 4.20. The van der Waals surface area contributed by atoms with Gasteiger partial charge in [-0.25, -0.2) is 0 Å². The van der Waals surface area contributed by atoms with E-state index in [1.807, 2.05) is 18.6 Å². The summed E-state index contributed by atoms with van der Waals surface area (Å²) in [5.41, 5.74) is 0. The van der Waals surface area contributed by atoms with Crippen LogP contribution in [0.2, 0.25) is 0 Å². The van der Waals surface area contributed by atoms with Gasteiger partial charge in [0.05, 0.1) is 5.03 Å². The zero-order valence-corrected chi connectivity index (χ0v) is 6.54. The summed E-state index contributed by atoms with van der Waals surface area (Å²) in [7, 11) is 0. The maximum Gasteiger partial charge on any atom is 0.0507 e. The SMILES string of the molecule is ClC1=C(Br)[CH]CC=C1. The molecule has 0 aliphatic heterocycles. The molecule has 0 spiro atoms. The molecule has 2 heteroatoms. The van der Waals surface area contributed by atoms with Crippen molar-refractivity contribution >= 4 is 27.5 Å². The summed E-state index contributed by atoms with van der Waals surface area (Å²) in [6.45, 7) is 0. The second-order valence-electron chi connectivity index (χ2n) is 1.54. The third-order valence-electron chi connectivity index (χ3n) is 0.925. The monoisotopic (exact) mass is 191 g/mol. The van der Waals surface area contributed by atoms with Gasteiger partial charge in [-0.1, -0.05) is 33.6 Å². The fraction of sp³-hybridized carbons (Fsp3) is 0.167. The van der Waals surface area contributed by atoms with Crippen LogP contribution in [0.1, 0.15) is 6.42 Å². The minimum Gasteiger partial charge on any atom is -0.0835 e. The average molecular weight is 192 g/mol. The van der Waals surface area contributed by atoms with Gasteiger partial charge in [-0.2, -0.15) is 0 Å². The molecule has 0 amide bonds. The van der Waals surface area contributed by atoms with Crippen LogP contribution in [0.4, 0.5) is 0 Å². The third kappa shape index (κ3) is 1.36. The van der Waals surface area contributed by atoms with Crippen molar-refractivity contribution in [1.82, 2.24) is 0 Å². The van der Waals surface area contributed by atoms with Gasteiger partial charge in [-0.3, -0.25) is 0 Å². The summed E-state index contributed by atoms with van der Waals surface area (Å²) in [4.78, 5) is 0. The molecule has 0 saturated carbocycles. The van der Waals surface area contributed by atoms with Gasteiger partial charge in [-0.15, -0.1) is 0 Å². The van der Waals surface area contributed by atoms with Crippen LogP contribution in [0.15, 0.2) is 21.7 Å². The quantitative estimate of drug-likeness (QED) is 0.553. The lowest BCUT2D eigenvalue weighted by molar-refractivity contribution is 1.25. The Morgan fingerprint density at radius 2 is 2.38 bits per heavy atom. The van der Waals surface area contributed by atoms with E-state index in [1.165, 1.54) is 0 Å². The lowest BCUT2D eigenvalue weighted by Crippen LogP contribution is -1.82. The summed E-state index contributed by atoms with van der Waals surface area (Å²) in [5.74, 6) is 0. The first kappa shape index (κ1) is 6.37. The van der Waals surface area contributed by atoms with Crippen LogP contribution in [-0.4, -0.2) is 0 Å². The standard InChI is InChI=1S/C6H5BrCl/c7-5-3-1-2-4-6(5)8/h2-4H,1H2. The smallest absolute Gasteiger partial charge is 0.0507 e. The molecule has 1 radical (unpaired) electrons. The first-order valence-corrected chi connectivity index (χ1v) is 3.53. The van der Waals surface area contributed by atoms with Gasteiger partial charge in [-0.05, 0) is 12.5 Å². The molecule has 0 fully saturated rings. The van der Waals surface area contributed by atoms with E-state index in [4.69, 9.17) is 11.6 Å². The Labute approximate surface area is 62.3 Å². The van der Waals surface area contributed by atoms with Crippen LogP contribution in [0.3, 0.4) is 0 Å². The summed E-state index contributed by atoms with van der Waals surface area (Å²) in [6, 6.07) is 0. The van der Waals surface area contributed by atoms with E-state index in [0.717, 1.165) is 15.9 Å². The Morgan fingerprint density at radius 3 is 2.75 bits per heavy atom. The molecule has 1 aliphatic rings. The van der Waals surface area contributed by atoms with E-state index in [9.17, 15) is 0 Å². The van der Waals surface area contributed by atoms with Crippen molar-refractivity contribution in [3.05, 3.63) is 28.1 Å². The van der Waals surface area contributed by atoms with Crippen LogP contribution >= 0.6 is 27.5 Å². The molecule has 1 rings (SSSR count). The molecule has 0 N–H and O–H groups in total. The molecular formula is C6H5BrCl. The van der Waals surface area contributed by atoms with Crippen LogP contribution in [-0.2, 0) is 0 Å².